The smallest absolute Gasteiger partial charge is 0.307 e. The van der Waals surface area contributed by atoms with E-state index >= 15 is 0 Å². The number of hydrogen-bond acceptors (Lipinski definition) is 3. The van der Waals surface area contributed by atoms with Gasteiger partial charge >= 0.3 is 5.97 Å². The molecule has 0 bridgehead atoms. The molecule has 0 saturated heterocycles. The molecule has 4 nitrogen and oxygen atoms in total. The van der Waals surface area contributed by atoms with Gasteiger partial charge in [0.2, 0.25) is 0 Å². The van der Waals surface area contributed by atoms with Gasteiger partial charge in [-0.25, -0.2) is 0 Å². The maximum Gasteiger partial charge on any atom is 0.307 e. The van der Waals surface area contributed by atoms with Crippen molar-refractivity contribution in [1.29, 1.82) is 0 Å². The summed E-state index contributed by atoms with van der Waals surface area (Å²) in [5.74, 6) is -0.369. The summed E-state index contributed by atoms with van der Waals surface area (Å²) >= 11 is 5.93. The summed E-state index contributed by atoms with van der Waals surface area (Å²) < 4.78 is 5.58. The van der Waals surface area contributed by atoms with Crippen LogP contribution in [0.25, 0.3) is 11.3 Å². The number of halogens is 1. The van der Waals surface area contributed by atoms with E-state index in [1.807, 2.05) is 38.1 Å². The predicted octanol–water partition coefficient (Wildman–Crippen LogP) is 4.38. The topological polar surface area (TPSA) is 63.3 Å². The maximum atomic E-state index is 11.5. The zero-order chi connectivity index (χ0) is 15.9. The lowest BCUT2D eigenvalue weighted by Gasteiger charge is -2.29. The molecule has 0 unspecified atom stereocenters. The second-order valence-corrected chi connectivity index (χ2v) is 6.57. The number of hydrogen-bond donors (Lipinski definition) is 1. The maximum absolute atomic E-state index is 11.5. The van der Waals surface area contributed by atoms with E-state index in [2.05, 4.69) is 5.16 Å². The second-order valence-electron chi connectivity index (χ2n) is 6.13. The molecule has 2 atom stereocenters. The summed E-state index contributed by atoms with van der Waals surface area (Å²) in [7, 11) is 0. The fourth-order valence-corrected chi connectivity index (χ4v) is 3.49. The van der Waals surface area contributed by atoms with Crippen molar-refractivity contribution < 1.29 is 14.4 Å². The van der Waals surface area contributed by atoms with E-state index in [0.717, 1.165) is 22.6 Å². The Hall–Kier alpha value is -1.81. The predicted molar refractivity (Wildman–Crippen MR) is 84.0 cm³/mol. The molecule has 1 heterocycles. The van der Waals surface area contributed by atoms with Crippen LogP contribution in [0.5, 0.6) is 0 Å². The van der Waals surface area contributed by atoms with Crippen molar-refractivity contribution >= 4 is 17.6 Å². The third-order valence-corrected chi connectivity index (χ3v) is 4.67. The van der Waals surface area contributed by atoms with Crippen LogP contribution in [-0.4, -0.2) is 16.2 Å². The molecule has 0 fully saturated rings. The normalized spacial score (nSPS) is 20.9. The largest absolute Gasteiger partial charge is 0.481 e. The molecule has 2 aromatic rings. The van der Waals surface area contributed by atoms with E-state index in [9.17, 15) is 9.90 Å². The Balaban J connectivity index is 2.05. The molecule has 22 heavy (non-hydrogen) atoms. The summed E-state index contributed by atoms with van der Waals surface area (Å²) in [5, 5.41) is 14.3. The fraction of sp³-hybridized carbons (Fsp3) is 0.412. The van der Waals surface area contributed by atoms with Crippen molar-refractivity contribution in [2.45, 2.75) is 32.6 Å². The van der Waals surface area contributed by atoms with Gasteiger partial charge in [0, 0.05) is 22.1 Å². The number of benzene rings is 1. The quantitative estimate of drug-likeness (QED) is 0.911. The highest BCUT2D eigenvalue weighted by Gasteiger charge is 2.40. The van der Waals surface area contributed by atoms with Crippen LogP contribution in [0.4, 0.5) is 0 Å². The number of nitrogens with zero attached hydrogens (tertiary/aromatic N) is 1. The Morgan fingerprint density at radius 2 is 2.05 bits per heavy atom. The van der Waals surface area contributed by atoms with Crippen molar-refractivity contribution in [1.82, 2.24) is 5.16 Å². The summed E-state index contributed by atoms with van der Waals surface area (Å²) in [6.45, 7) is 4.06. The molecule has 0 radical (unpaired) electrons. The zero-order valence-electron chi connectivity index (χ0n) is 12.5. The molecule has 3 rings (SSSR count). The first-order valence-electron chi connectivity index (χ1n) is 7.46. The van der Waals surface area contributed by atoms with Gasteiger partial charge in [0.1, 0.15) is 11.5 Å². The van der Waals surface area contributed by atoms with E-state index in [0.29, 0.717) is 17.9 Å². The van der Waals surface area contributed by atoms with Gasteiger partial charge in [-0.2, -0.15) is 0 Å². The second kappa shape index (κ2) is 5.76. The lowest BCUT2D eigenvalue weighted by Crippen LogP contribution is -2.30. The molecule has 0 aliphatic heterocycles. The van der Waals surface area contributed by atoms with Crippen molar-refractivity contribution in [3.05, 3.63) is 40.6 Å². The Morgan fingerprint density at radius 3 is 2.64 bits per heavy atom. The molecule has 5 heteroatoms. The monoisotopic (exact) mass is 319 g/mol. The molecule has 1 aromatic heterocycles. The highest BCUT2D eigenvalue weighted by molar-refractivity contribution is 6.30. The van der Waals surface area contributed by atoms with Crippen molar-refractivity contribution in [2.75, 3.05) is 0 Å². The molecule has 1 aliphatic carbocycles. The average molecular weight is 320 g/mol. The minimum atomic E-state index is -0.756. The molecule has 0 saturated carbocycles. The van der Waals surface area contributed by atoms with Gasteiger partial charge in [-0.05, 0) is 30.9 Å². The van der Waals surface area contributed by atoms with Gasteiger partial charge in [0.25, 0.3) is 0 Å². The van der Waals surface area contributed by atoms with Crippen LogP contribution in [0.2, 0.25) is 5.02 Å². The third kappa shape index (κ3) is 2.52. The van der Waals surface area contributed by atoms with Crippen LogP contribution < -0.4 is 0 Å². The molecule has 0 spiro atoms. The van der Waals surface area contributed by atoms with Crippen LogP contribution in [0.15, 0.2) is 28.8 Å². The highest BCUT2D eigenvalue weighted by Crippen LogP contribution is 2.44. The van der Waals surface area contributed by atoms with Gasteiger partial charge in [0.05, 0.1) is 5.92 Å². The molecule has 1 N–H and O–H groups in total. The minimum absolute atomic E-state index is 0.130. The molecular weight excluding hydrogens is 302 g/mol. The van der Waals surface area contributed by atoms with Crippen LogP contribution in [0, 0.1) is 11.8 Å². The molecular formula is C17H18ClNO3. The molecule has 116 valence electrons. The van der Waals surface area contributed by atoms with Gasteiger partial charge in [0.15, 0.2) is 0 Å². The number of carbonyl (C=O) groups is 1. The number of carboxylic acids is 1. The first kappa shape index (κ1) is 15.1. The van der Waals surface area contributed by atoms with Crippen LogP contribution >= 0.6 is 11.6 Å². The Bertz CT molecular complexity index is 690. The lowest BCUT2D eigenvalue weighted by molar-refractivity contribution is -0.143. The van der Waals surface area contributed by atoms with Crippen molar-refractivity contribution in [2.24, 2.45) is 11.8 Å². The van der Waals surface area contributed by atoms with Gasteiger partial charge in [-0.1, -0.05) is 42.7 Å². The first-order valence-corrected chi connectivity index (χ1v) is 7.84. The number of carboxylic acid groups (broad SMARTS) is 1. The van der Waals surface area contributed by atoms with Gasteiger partial charge < -0.3 is 9.63 Å². The molecule has 1 aromatic carbocycles. The fourth-order valence-electron chi connectivity index (χ4n) is 3.37. The average Bonchev–Trinajstić information content (AvgIpc) is 2.90. The summed E-state index contributed by atoms with van der Waals surface area (Å²) in [5.41, 5.74) is 2.80. The number of fused-ring (bicyclic) bond motifs is 1. The van der Waals surface area contributed by atoms with E-state index in [4.69, 9.17) is 16.1 Å². The van der Waals surface area contributed by atoms with Gasteiger partial charge in [-0.3, -0.25) is 4.79 Å². The lowest BCUT2D eigenvalue weighted by atomic mass is 9.73. The van der Waals surface area contributed by atoms with E-state index in [-0.39, 0.29) is 11.8 Å². The SMILES string of the molecule is CC(C)[C@@H]1c2onc(-c3ccc(Cl)cc3)c2CC[C@H]1C(=O)O. The number of aromatic nitrogens is 1. The van der Waals surface area contributed by atoms with Crippen LogP contribution in [0.3, 0.4) is 0 Å². The van der Waals surface area contributed by atoms with E-state index in [1.165, 1.54) is 0 Å². The third-order valence-electron chi connectivity index (χ3n) is 4.41. The molecule has 0 amide bonds. The Morgan fingerprint density at radius 1 is 1.36 bits per heavy atom. The van der Waals surface area contributed by atoms with Crippen LogP contribution in [0.1, 0.15) is 37.5 Å². The first-order chi connectivity index (χ1) is 10.5. The number of aliphatic carboxylic acids is 1. The van der Waals surface area contributed by atoms with E-state index < -0.39 is 11.9 Å². The summed E-state index contributed by atoms with van der Waals surface area (Å²) in [6.07, 6.45) is 1.30. The molecule has 1 aliphatic rings. The highest BCUT2D eigenvalue weighted by atomic mass is 35.5. The van der Waals surface area contributed by atoms with Crippen LogP contribution in [-0.2, 0) is 11.2 Å². The Kier molecular flexibility index (Phi) is 3.96. The van der Waals surface area contributed by atoms with E-state index in [1.54, 1.807) is 0 Å². The van der Waals surface area contributed by atoms with Crippen molar-refractivity contribution in [3.63, 3.8) is 0 Å². The van der Waals surface area contributed by atoms with Gasteiger partial charge in [-0.15, -0.1) is 0 Å². The standard InChI is InChI=1S/C17H18ClNO3/c1-9(2)14-12(17(20)21)7-8-13-15(19-22-16(13)14)10-3-5-11(18)6-4-10/h3-6,9,12,14H,7-8H2,1-2H3,(H,20,21)/t12-,14+/m1/s1. The van der Waals surface area contributed by atoms with Crippen molar-refractivity contribution in [3.8, 4) is 11.3 Å². The Labute approximate surface area is 134 Å². The summed E-state index contributed by atoms with van der Waals surface area (Å²) in [4.78, 5) is 11.5. The summed E-state index contributed by atoms with van der Waals surface area (Å²) in [6, 6.07) is 7.46. The minimum Gasteiger partial charge on any atom is -0.481 e. The number of rotatable bonds is 3. The zero-order valence-corrected chi connectivity index (χ0v) is 13.3.